The zero-order chi connectivity index (χ0) is 18.1. The number of nitrogens with zero attached hydrogens (tertiary/aromatic N) is 3. The molecule has 1 saturated carbocycles. The minimum atomic E-state index is -0.273. The van der Waals surface area contributed by atoms with E-state index in [4.69, 9.17) is 0 Å². The number of amides is 1. The van der Waals surface area contributed by atoms with Gasteiger partial charge in [-0.05, 0) is 70.9 Å². The first-order valence-electron chi connectivity index (χ1n) is 8.71. The van der Waals surface area contributed by atoms with Gasteiger partial charge in [0.15, 0.2) is 0 Å². The van der Waals surface area contributed by atoms with Gasteiger partial charge in [-0.1, -0.05) is 0 Å². The fourth-order valence-electron chi connectivity index (χ4n) is 3.18. The molecule has 0 bridgehead atoms. The van der Waals surface area contributed by atoms with E-state index in [0.717, 1.165) is 35.5 Å². The molecule has 0 spiro atoms. The maximum absolute atomic E-state index is 13.1. The lowest BCUT2D eigenvalue weighted by molar-refractivity contribution is -0.128. The van der Waals surface area contributed by atoms with Gasteiger partial charge in [-0.2, -0.15) is 5.10 Å². The summed E-state index contributed by atoms with van der Waals surface area (Å²) in [5, 5.41) is 4.53. The van der Waals surface area contributed by atoms with Crippen molar-refractivity contribution in [2.45, 2.75) is 52.6 Å². The highest BCUT2D eigenvalue weighted by molar-refractivity contribution is 5.92. The Morgan fingerprint density at radius 2 is 1.92 bits per heavy atom. The van der Waals surface area contributed by atoms with Crippen molar-refractivity contribution >= 4 is 12.0 Å². The lowest BCUT2D eigenvalue weighted by Gasteiger charge is -2.25. The van der Waals surface area contributed by atoms with Crippen LogP contribution in [0.5, 0.6) is 0 Å². The van der Waals surface area contributed by atoms with Crippen LogP contribution in [-0.4, -0.2) is 32.7 Å². The molecule has 132 valence electrons. The van der Waals surface area contributed by atoms with Gasteiger partial charge in [-0.3, -0.25) is 4.79 Å². The fraction of sp³-hybridized carbons (Fsp3) is 0.400. The first-order chi connectivity index (χ1) is 11.9. The topological polar surface area (TPSA) is 38.1 Å². The molecular formula is C20H24FN3O. The normalized spacial score (nSPS) is 14.5. The molecule has 0 radical (unpaired) electrons. The van der Waals surface area contributed by atoms with Crippen LogP contribution >= 0.6 is 0 Å². The average molecular weight is 341 g/mol. The Morgan fingerprint density at radius 3 is 2.48 bits per heavy atom. The van der Waals surface area contributed by atoms with Crippen molar-refractivity contribution < 1.29 is 9.18 Å². The van der Waals surface area contributed by atoms with E-state index in [1.54, 1.807) is 22.9 Å². The minimum Gasteiger partial charge on any atom is -0.334 e. The number of carbonyl (C=O) groups is 1. The molecule has 1 amide bonds. The molecule has 5 heteroatoms. The average Bonchev–Trinajstić information content (AvgIpc) is 3.33. The van der Waals surface area contributed by atoms with Gasteiger partial charge in [0.1, 0.15) is 5.82 Å². The summed E-state index contributed by atoms with van der Waals surface area (Å²) in [6.07, 6.45) is 5.68. The largest absolute Gasteiger partial charge is 0.334 e. The molecule has 1 fully saturated rings. The van der Waals surface area contributed by atoms with Crippen LogP contribution in [0.4, 0.5) is 4.39 Å². The van der Waals surface area contributed by atoms with Crippen molar-refractivity contribution in [1.82, 2.24) is 14.7 Å². The summed E-state index contributed by atoms with van der Waals surface area (Å²) in [6.45, 7) is 7.97. The standard InChI is InChI=1S/C20H24FN3O/c1-13(2)23(17-9-10-17)20(25)12-11-19-14(3)22-24(15(19)4)18-7-5-16(21)6-8-18/h5-8,11-13,17H,9-10H2,1-4H3/b12-11-. The molecule has 0 N–H and O–H groups in total. The van der Waals surface area contributed by atoms with Crippen molar-refractivity contribution in [2.24, 2.45) is 0 Å². The Labute approximate surface area is 148 Å². The second-order valence-corrected chi connectivity index (χ2v) is 6.88. The number of benzene rings is 1. The van der Waals surface area contributed by atoms with E-state index in [1.165, 1.54) is 12.1 Å². The summed E-state index contributed by atoms with van der Waals surface area (Å²) < 4.78 is 14.9. The number of rotatable bonds is 5. The molecule has 0 aliphatic heterocycles. The maximum atomic E-state index is 13.1. The molecule has 2 aromatic rings. The van der Waals surface area contributed by atoms with E-state index in [1.807, 2.05) is 38.7 Å². The number of aryl methyl sites for hydroxylation is 1. The van der Waals surface area contributed by atoms with E-state index in [9.17, 15) is 9.18 Å². The highest BCUT2D eigenvalue weighted by Gasteiger charge is 2.33. The minimum absolute atomic E-state index is 0.0471. The Bertz CT molecular complexity index is 799. The van der Waals surface area contributed by atoms with Gasteiger partial charge in [-0.25, -0.2) is 9.07 Å². The Kier molecular flexibility index (Phi) is 4.75. The monoisotopic (exact) mass is 341 g/mol. The van der Waals surface area contributed by atoms with Gasteiger partial charge in [0.05, 0.1) is 11.4 Å². The third-order valence-corrected chi connectivity index (χ3v) is 4.56. The maximum Gasteiger partial charge on any atom is 0.247 e. The third-order valence-electron chi connectivity index (χ3n) is 4.56. The van der Waals surface area contributed by atoms with Crippen LogP contribution in [0.15, 0.2) is 30.3 Å². The van der Waals surface area contributed by atoms with Crippen LogP contribution < -0.4 is 0 Å². The van der Waals surface area contributed by atoms with E-state index in [0.29, 0.717) is 6.04 Å². The van der Waals surface area contributed by atoms with Gasteiger partial charge in [0.25, 0.3) is 0 Å². The van der Waals surface area contributed by atoms with Crippen LogP contribution in [0.3, 0.4) is 0 Å². The van der Waals surface area contributed by atoms with Crippen LogP contribution in [0.2, 0.25) is 0 Å². The molecule has 25 heavy (non-hydrogen) atoms. The SMILES string of the molecule is Cc1nn(-c2ccc(F)cc2)c(C)c1/C=C\C(=O)N(C(C)C)C1CC1. The second kappa shape index (κ2) is 6.82. The summed E-state index contributed by atoms with van der Waals surface area (Å²) in [5.41, 5.74) is 3.50. The summed E-state index contributed by atoms with van der Waals surface area (Å²) in [4.78, 5) is 14.5. The molecule has 1 aromatic carbocycles. The molecule has 1 aliphatic rings. The predicted octanol–water partition coefficient (Wildman–Crippen LogP) is 4.04. The van der Waals surface area contributed by atoms with Crippen molar-refractivity contribution in [3.63, 3.8) is 0 Å². The molecule has 0 unspecified atom stereocenters. The van der Waals surface area contributed by atoms with E-state index in [-0.39, 0.29) is 17.8 Å². The van der Waals surface area contributed by atoms with Gasteiger partial charge in [0, 0.05) is 29.4 Å². The van der Waals surface area contributed by atoms with E-state index < -0.39 is 0 Å². The highest BCUT2D eigenvalue weighted by Crippen LogP contribution is 2.29. The van der Waals surface area contributed by atoms with Gasteiger partial charge in [-0.15, -0.1) is 0 Å². The van der Waals surface area contributed by atoms with Gasteiger partial charge < -0.3 is 4.90 Å². The molecule has 3 rings (SSSR count). The Morgan fingerprint density at radius 1 is 1.28 bits per heavy atom. The lowest BCUT2D eigenvalue weighted by Crippen LogP contribution is -2.37. The third kappa shape index (κ3) is 3.65. The van der Waals surface area contributed by atoms with Gasteiger partial charge in [0.2, 0.25) is 5.91 Å². The summed E-state index contributed by atoms with van der Waals surface area (Å²) in [5.74, 6) is -0.226. The van der Waals surface area contributed by atoms with Crippen LogP contribution in [-0.2, 0) is 4.79 Å². The predicted molar refractivity (Wildman–Crippen MR) is 97.0 cm³/mol. The zero-order valence-electron chi connectivity index (χ0n) is 15.2. The smallest absolute Gasteiger partial charge is 0.247 e. The van der Waals surface area contributed by atoms with Crippen molar-refractivity contribution in [2.75, 3.05) is 0 Å². The number of aromatic nitrogens is 2. The summed E-state index contributed by atoms with van der Waals surface area (Å²) in [7, 11) is 0. The molecular weight excluding hydrogens is 317 g/mol. The number of hydrogen-bond donors (Lipinski definition) is 0. The zero-order valence-corrected chi connectivity index (χ0v) is 15.2. The van der Waals surface area contributed by atoms with Crippen LogP contribution in [0, 0.1) is 19.7 Å². The van der Waals surface area contributed by atoms with Crippen LogP contribution in [0.25, 0.3) is 11.8 Å². The van der Waals surface area contributed by atoms with Crippen molar-refractivity contribution in [3.8, 4) is 5.69 Å². The quantitative estimate of drug-likeness (QED) is 0.770. The number of carbonyl (C=O) groups excluding carboxylic acids is 1. The molecule has 1 heterocycles. The Balaban J connectivity index is 1.85. The lowest BCUT2D eigenvalue weighted by atomic mass is 10.1. The highest BCUT2D eigenvalue weighted by atomic mass is 19.1. The van der Waals surface area contributed by atoms with Crippen molar-refractivity contribution in [1.29, 1.82) is 0 Å². The fourth-order valence-corrected chi connectivity index (χ4v) is 3.18. The first-order valence-corrected chi connectivity index (χ1v) is 8.71. The van der Waals surface area contributed by atoms with E-state index in [2.05, 4.69) is 5.10 Å². The number of halogens is 1. The second-order valence-electron chi connectivity index (χ2n) is 6.88. The van der Waals surface area contributed by atoms with Crippen molar-refractivity contribution in [3.05, 3.63) is 53.1 Å². The number of hydrogen-bond acceptors (Lipinski definition) is 2. The molecule has 4 nitrogen and oxygen atoms in total. The Hall–Kier alpha value is -2.43. The molecule has 0 atom stereocenters. The molecule has 0 saturated heterocycles. The van der Waals surface area contributed by atoms with Gasteiger partial charge >= 0.3 is 0 Å². The first kappa shape index (κ1) is 17.4. The van der Waals surface area contributed by atoms with Crippen LogP contribution in [0.1, 0.15) is 43.6 Å². The molecule has 1 aliphatic carbocycles. The molecule has 1 aromatic heterocycles. The summed E-state index contributed by atoms with van der Waals surface area (Å²) >= 11 is 0. The summed E-state index contributed by atoms with van der Waals surface area (Å²) in [6, 6.07) is 6.82. The van der Waals surface area contributed by atoms with E-state index >= 15 is 0 Å².